The van der Waals surface area contributed by atoms with Crippen LogP contribution in [0.1, 0.15) is 42.4 Å². The normalized spacial score (nSPS) is 26.0. The zero-order chi connectivity index (χ0) is 20.9. The molecule has 2 saturated carbocycles. The number of hydrogen-bond donors (Lipinski definition) is 1. The van der Waals surface area contributed by atoms with Crippen LogP contribution in [0.2, 0.25) is 0 Å². The van der Waals surface area contributed by atoms with E-state index in [1.165, 1.54) is 0 Å². The second-order valence-corrected chi connectivity index (χ2v) is 8.84. The van der Waals surface area contributed by atoms with Crippen LogP contribution in [0.5, 0.6) is 5.75 Å². The number of nitrogens with zero attached hydrogens (tertiary/aromatic N) is 1. The van der Waals surface area contributed by atoms with E-state index in [9.17, 15) is 14.7 Å². The lowest BCUT2D eigenvalue weighted by atomic mass is 10.0. The van der Waals surface area contributed by atoms with Gasteiger partial charge in [0.05, 0.1) is 11.5 Å². The van der Waals surface area contributed by atoms with Gasteiger partial charge in [-0.2, -0.15) is 0 Å². The number of aliphatic hydroxyl groups is 1. The third-order valence-electron chi connectivity index (χ3n) is 6.91. The molecule has 1 heterocycles. The van der Waals surface area contributed by atoms with E-state index >= 15 is 0 Å². The van der Waals surface area contributed by atoms with Crippen molar-refractivity contribution in [2.45, 2.75) is 58.6 Å². The number of aryl methyl sites for hydroxylation is 2. The fourth-order valence-corrected chi connectivity index (χ4v) is 5.12. The molecule has 1 amide bonds. The molecule has 1 N–H and O–H groups in total. The summed E-state index contributed by atoms with van der Waals surface area (Å²) in [4.78, 5) is 26.6. The fraction of sp³-hybridized carbons (Fsp3) is 0.565. The first kappa shape index (κ1) is 20.0. The third-order valence-corrected chi connectivity index (χ3v) is 6.91. The Kier molecular flexibility index (Phi) is 5.15. The van der Waals surface area contributed by atoms with Crippen molar-refractivity contribution in [3.8, 4) is 5.75 Å². The summed E-state index contributed by atoms with van der Waals surface area (Å²) >= 11 is 0. The molecule has 6 nitrogen and oxygen atoms in total. The van der Waals surface area contributed by atoms with Crippen LogP contribution < -0.4 is 10.4 Å². The van der Waals surface area contributed by atoms with E-state index < -0.39 is 0 Å². The van der Waals surface area contributed by atoms with Gasteiger partial charge in [0, 0.05) is 18.7 Å². The van der Waals surface area contributed by atoms with Crippen LogP contribution >= 0.6 is 0 Å². The van der Waals surface area contributed by atoms with E-state index in [1.807, 2.05) is 33.0 Å². The molecule has 2 fully saturated rings. The van der Waals surface area contributed by atoms with E-state index in [2.05, 4.69) is 0 Å². The van der Waals surface area contributed by atoms with Crippen LogP contribution in [0.25, 0.3) is 11.0 Å². The van der Waals surface area contributed by atoms with Gasteiger partial charge >= 0.3 is 5.63 Å². The number of carbonyl (C=O) groups is 1. The molecule has 4 atom stereocenters. The monoisotopic (exact) mass is 399 g/mol. The van der Waals surface area contributed by atoms with E-state index in [0.717, 1.165) is 42.2 Å². The molecular weight excluding hydrogens is 370 g/mol. The summed E-state index contributed by atoms with van der Waals surface area (Å²) in [5.74, 6) is 1.57. The standard InChI is InChI=1S/C23H29NO5/c1-12-5-19(22-13(2)14(3)23(27)29-20(22)6-12)28-11-21(26)24(4)17-7-15-9-18(25)10-16(15)8-17/h5-6,15-18,25H,7-11H2,1-4H3/t15-,16+,17?,18?. The predicted molar refractivity (Wildman–Crippen MR) is 110 cm³/mol. The van der Waals surface area contributed by atoms with Gasteiger partial charge in [0.25, 0.3) is 5.91 Å². The molecule has 156 valence electrons. The molecule has 2 aliphatic rings. The smallest absolute Gasteiger partial charge is 0.339 e. The van der Waals surface area contributed by atoms with Crippen molar-refractivity contribution in [3.05, 3.63) is 39.2 Å². The predicted octanol–water partition coefficient (Wildman–Crippen LogP) is 3.10. The van der Waals surface area contributed by atoms with Crippen molar-refractivity contribution in [3.63, 3.8) is 0 Å². The molecule has 0 aliphatic heterocycles. The minimum Gasteiger partial charge on any atom is -0.483 e. The van der Waals surface area contributed by atoms with E-state index in [-0.39, 0.29) is 30.3 Å². The maximum atomic E-state index is 12.8. The minimum atomic E-state index is -0.348. The summed E-state index contributed by atoms with van der Waals surface area (Å²) in [7, 11) is 1.84. The summed E-state index contributed by atoms with van der Waals surface area (Å²) in [6.45, 7) is 5.45. The highest BCUT2D eigenvalue weighted by Crippen LogP contribution is 2.45. The van der Waals surface area contributed by atoms with Crippen molar-refractivity contribution in [2.75, 3.05) is 13.7 Å². The largest absolute Gasteiger partial charge is 0.483 e. The third kappa shape index (κ3) is 3.66. The average Bonchev–Trinajstić information content (AvgIpc) is 3.20. The minimum absolute atomic E-state index is 0.0544. The number of likely N-dealkylation sites (N-methyl/N-ethyl adjacent to an activating group) is 1. The Balaban J connectivity index is 1.49. The average molecular weight is 399 g/mol. The Morgan fingerprint density at radius 2 is 1.79 bits per heavy atom. The molecule has 0 radical (unpaired) electrons. The number of fused-ring (bicyclic) bond motifs is 2. The lowest BCUT2D eigenvalue weighted by Crippen LogP contribution is -2.39. The highest BCUT2D eigenvalue weighted by molar-refractivity contribution is 5.88. The molecule has 0 spiro atoms. The Hall–Kier alpha value is -2.34. The van der Waals surface area contributed by atoms with Crippen molar-refractivity contribution >= 4 is 16.9 Å². The van der Waals surface area contributed by atoms with Crippen molar-refractivity contribution in [2.24, 2.45) is 11.8 Å². The van der Waals surface area contributed by atoms with Gasteiger partial charge in [-0.05, 0) is 81.5 Å². The highest BCUT2D eigenvalue weighted by atomic mass is 16.5. The van der Waals surface area contributed by atoms with Crippen LogP contribution in [0, 0.1) is 32.6 Å². The fourth-order valence-electron chi connectivity index (χ4n) is 5.12. The zero-order valence-electron chi connectivity index (χ0n) is 17.5. The number of amides is 1. The molecular formula is C23H29NO5. The number of aliphatic hydroxyl groups excluding tert-OH is 1. The summed E-state index contributed by atoms with van der Waals surface area (Å²) in [5, 5.41) is 10.6. The summed E-state index contributed by atoms with van der Waals surface area (Å²) in [5.41, 5.74) is 2.40. The Morgan fingerprint density at radius 3 is 2.45 bits per heavy atom. The molecule has 6 heteroatoms. The van der Waals surface area contributed by atoms with Gasteiger partial charge < -0.3 is 19.2 Å². The first-order valence-electron chi connectivity index (χ1n) is 10.4. The van der Waals surface area contributed by atoms with Gasteiger partial charge in [0.1, 0.15) is 11.3 Å². The Morgan fingerprint density at radius 1 is 1.14 bits per heavy atom. The van der Waals surface area contributed by atoms with E-state index in [0.29, 0.717) is 28.7 Å². The van der Waals surface area contributed by atoms with E-state index in [1.54, 1.807) is 11.8 Å². The van der Waals surface area contributed by atoms with Crippen molar-refractivity contribution in [1.29, 1.82) is 0 Å². The van der Waals surface area contributed by atoms with Gasteiger partial charge in [0.15, 0.2) is 6.61 Å². The van der Waals surface area contributed by atoms with E-state index in [4.69, 9.17) is 9.15 Å². The number of hydrogen-bond acceptors (Lipinski definition) is 5. The van der Waals surface area contributed by atoms with Gasteiger partial charge in [-0.1, -0.05) is 0 Å². The molecule has 2 aromatic rings. The number of benzene rings is 1. The molecule has 1 aromatic heterocycles. The van der Waals surface area contributed by atoms with Crippen LogP contribution in [0.15, 0.2) is 21.3 Å². The summed E-state index contributed by atoms with van der Waals surface area (Å²) < 4.78 is 11.4. The van der Waals surface area contributed by atoms with Gasteiger partial charge in [-0.25, -0.2) is 4.79 Å². The van der Waals surface area contributed by atoms with Crippen molar-refractivity contribution in [1.82, 2.24) is 4.90 Å². The summed E-state index contributed by atoms with van der Waals surface area (Å²) in [6.07, 6.45) is 3.47. The lowest BCUT2D eigenvalue weighted by molar-refractivity contribution is -0.134. The van der Waals surface area contributed by atoms with Crippen LogP contribution in [-0.2, 0) is 4.79 Å². The van der Waals surface area contributed by atoms with Crippen LogP contribution in [0.4, 0.5) is 0 Å². The first-order valence-corrected chi connectivity index (χ1v) is 10.4. The topological polar surface area (TPSA) is 80.0 Å². The number of rotatable bonds is 4. The molecule has 29 heavy (non-hydrogen) atoms. The van der Waals surface area contributed by atoms with Gasteiger partial charge in [-0.15, -0.1) is 0 Å². The Labute approximate surface area is 170 Å². The number of ether oxygens (including phenoxy) is 1. The second-order valence-electron chi connectivity index (χ2n) is 8.84. The maximum Gasteiger partial charge on any atom is 0.339 e. The first-order chi connectivity index (χ1) is 13.7. The lowest BCUT2D eigenvalue weighted by Gasteiger charge is -2.26. The SMILES string of the molecule is Cc1cc(OCC(=O)N(C)C2C[C@H]3CC(O)C[C@H]3C2)c2c(C)c(C)c(=O)oc2c1. The van der Waals surface area contributed by atoms with Crippen molar-refractivity contribution < 1.29 is 19.1 Å². The molecule has 0 saturated heterocycles. The maximum absolute atomic E-state index is 12.8. The molecule has 2 unspecified atom stereocenters. The molecule has 0 bridgehead atoms. The molecule has 4 rings (SSSR count). The summed E-state index contributed by atoms with van der Waals surface area (Å²) in [6, 6.07) is 3.91. The van der Waals surface area contributed by atoms with Gasteiger partial charge in [-0.3, -0.25) is 4.79 Å². The van der Waals surface area contributed by atoms with Crippen LogP contribution in [-0.4, -0.2) is 41.7 Å². The number of carbonyl (C=O) groups excluding carboxylic acids is 1. The highest BCUT2D eigenvalue weighted by Gasteiger charge is 2.43. The zero-order valence-corrected chi connectivity index (χ0v) is 17.5. The van der Waals surface area contributed by atoms with Crippen LogP contribution in [0.3, 0.4) is 0 Å². The Bertz CT molecular complexity index is 996. The quantitative estimate of drug-likeness (QED) is 0.799. The molecule has 2 aliphatic carbocycles. The second kappa shape index (κ2) is 7.48. The van der Waals surface area contributed by atoms with Gasteiger partial charge in [0.2, 0.25) is 0 Å². The molecule has 1 aromatic carbocycles.